The van der Waals surface area contributed by atoms with Crippen molar-refractivity contribution in [2.45, 2.75) is 37.7 Å². The van der Waals surface area contributed by atoms with Crippen LogP contribution in [0, 0.1) is 5.82 Å². The van der Waals surface area contributed by atoms with Crippen LogP contribution in [0.15, 0.2) is 48.5 Å². The van der Waals surface area contributed by atoms with E-state index in [1.165, 1.54) is 37.0 Å². The van der Waals surface area contributed by atoms with Gasteiger partial charge in [0.15, 0.2) is 0 Å². The lowest BCUT2D eigenvalue weighted by Crippen LogP contribution is -2.10. The van der Waals surface area contributed by atoms with Crippen molar-refractivity contribution in [2.75, 3.05) is 0 Å². The number of hydrogen-bond donors (Lipinski definition) is 1. The van der Waals surface area contributed by atoms with E-state index in [1.807, 2.05) is 18.2 Å². The highest BCUT2D eigenvalue weighted by Crippen LogP contribution is 2.37. The number of benzene rings is 2. The molecule has 0 amide bonds. The Morgan fingerprint density at radius 3 is 2.60 bits per heavy atom. The minimum absolute atomic E-state index is 0.252. The minimum Gasteiger partial charge on any atom is -0.388 e. The molecule has 2 aromatic carbocycles. The van der Waals surface area contributed by atoms with Crippen molar-refractivity contribution < 1.29 is 9.50 Å². The SMILES string of the molecule is OC(Cc1cccc(F)c1)c1cccc(C2CCC2)c1. The van der Waals surface area contributed by atoms with Crippen LogP contribution in [0.3, 0.4) is 0 Å². The van der Waals surface area contributed by atoms with Crippen LogP contribution in [0.2, 0.25) is 0 Å². The molecule has 0 saturated heterocycles. The van der Waals surface area contributed by atoms with Gasteiger partial charge in [-0.25, -0.2) is 4.39 Å². The van der Waals surface area contributed by atoms with E-state index in [-0.39, 0.29) is 5.82 Å². The van der Waals surface area contributed by atoms with Gasteiger partial charge in [-0.1, -0.05) is 42.8 Å². The smallest absolute Gasteiger partial charge is 0.123 e. The zero-order chi connectivity index (χ0) is 13.9. The fraction of sp³-hybridized carbons (Fsp3) is 0.333. The van der Waals surface area contributed by atoms with Crippen LogP contribution in [0.1, 0.15) is 48.0 Å². The van der Waals surface area contributed by atoms with Gasteiger partial charge >= 0.3 is 0 Å². The summed E-state index contributed by atoms with van der Waals surface area (Å²) in [7, 11) is 0. The fourth-order valence-electron chi connectivity index (χ4n) is 2.77. The maximum atomic E-state index is 13.2. The zero-order valence-electron chi connectivity index (χ0n) is 11.4. The lowest BCUT2D eigenvalue weighted by atomic mass is 9.79. The van der Waals surface area contributed by atoms with E-state index >= 15 is 0 Å². The Balaban J connectivity index is 1.74. The molecule has 1 fully saturated rings. The van der Waals surface area contributed by atoms with Crippen LogP contribution in [0.25, 0.3) is 0 Å². The maximum absolute atomic E-state index is 13.2. The predicted octanol–water partition coefficient (Wildman–Crippen LogP) is 4.37. The number of aliphatic hydroxyl groups excluding tert-OH is 1. The lowest BCUT2D eigenvalue weighted by molar-refractivity contribution is 0.178. The Bertz CT molecular complexity index is 589. The highest BCUT2D eigenvalue weighted by Gasteiger charge is 2.20. The van der Waals surface area contributed by atoms with Gasteiger partial charge in [0.05, 0.1) is 6.10 Å². The number of halogens is 1. The monoisotopic (exact) mass is 270 g/mol. The van der Waals surface area contributed by atoms with Crippen LogP contribution >= 0.6 is 0 Å². The molecular weight excluding hydrogens is 251 g/mol. The molecule has 0 spiro atoms. The van der Waals surface area contributed by atoms with Crippen molar-refractivity contribution in [2.24, 2.45) is 0 Å². The van der Waals surface area contributed by atoms with Gasteiger partial charge in [0.25, 0.3) is 0 Å². The van der Waals surface area contributed by atoms with Gasteiger partial charge in [0, 0.05) is 6.42 Å². The second kappa shape index (κ2) is 5.76. The Labute approximate surface area is 119 Å². The molecule has 1 atom stereocenters. The largest absolute Gasteiger partial charge is 0.388 e. The second-order valence-electron chi connectivity index (χ2n) is 5.65. The Kier molecular flexibility index (Phi) is 3.83. The molecule has 1 N–H and O–H groups in total. The van der Waals surface area contributed by atoms with Crippen LogP contribution in [0.4, 0.5) is 4.39 Å². The fourth-order valence-corrected chi connectivity index (χ4v) is 2.77. The van der Waals surface area contributed by atoms with Crippen LogP contribution in [-0.2, 0) is 6.42 Å². The molecule has 1 aliphatic rings. The van der Waals surface area contributed by atoms with E-state index in [9.17, 15) is 9.50 Å². The van der Waals surface area contributed by atoms with E-state index in [4.69, 9.17) is 0 Å². The third kappa shape index (κ3) is 2.91. The molecule has 2 heteroatoms. The molecule has 0 aliphatic heterocycles. The summed E-state index contributed by atoms with van der Waals surface area (Å²) in [6.45, 7) is 0. The van der Waals surface area contributed by atoms with Crippen LogP contribution < -0.4 is 0 Å². The molecule has 3 rings (SSSR count). The molecule has 104 valence electrons. The van der Waals surface area contributed by atoms with Crippen molar-refractivity contribution in [1.29, 1.82) is 0 Å². The number of hydrogen-bond acceptors (Lipinski definition) is 1. The van der Waals surface area contributed by atoms with Gasteiger partial charge in [-0.15, -0.1) is 0 Å². The summed E-state index contributed by atoms with van der Waals surface area (Å²) in [6.07, 6.45) is 3.69. The highest BCUT2D eigenvalue weighted by molar-refractivity contribution is 5.30. The highest BCUT2D eigenvalue weighted by atomic mass is 19.1. The van der Waals surface area contributed by atoms with Gasteiger partial charge in [0.1, 0.15) is 5.82 Å². The molecule has 2 aromatic rings. The van der Waals surface area contributed by atoms with Crippen LogP contribution in [-0.4, -0.2) is 5.11 Å². The Hall–Kier alpha value is -1.67. The number of aliphatic hydroxyl groups is 1. The summed E-state index contributed by atoms with van der Waals surface area (Å²) < 4.78 is 13.2. The van der Waals surface area contributed by atoms with Gasteiger partial charge in [0.2, 0.25) is 0 Å². The summed E-state index contributed by atoms with van der Waals surface area (Å²) >= 11 is 0. The molecule has 1 unspecified atom stereocenters. The van der Waals surface area contributed by atoms with E-state index in [2.05, 4.69) is 12.1 Å². The maximum Gasteiger partial charge on any atom is 0.123 e. The molecule has 0 bridgehead atoms. The van der Waals surface area contributed by atoms with E-state index in [1.54, 1.807) is 6.07 Å². The van der Waals surface area contributed by atoms with E-state index in [0.29, 0.717) is 12.3 Å². The number of rotatable bonds is 4. The zero-order valence-corrected chi connectivity index (χ0v) is 11.4. The molecule has 1 saturated carbocycles. The third-order valence-electron chi connectivity index (χ3n) is 4.19. The van der Waals surface area contributed by atoms with E-state index in [0.717, 1.165) is 11.1 Å². The topological polar surface area (TPSA) is 20.2 Å². The van der Waals surface area contributed by atoms with Gasteiger partial charge in [-0.05, 0) is 47.6 Å². The second-order valence-corrected chi connectivity index (χ2v) is 5.65. The summed E-state index contributed by atoms with van der Waals surface area (Å²) in [5.41, 5.74) is 3.08. The van der Waals surface area contributed by atoms with Crippen molar-refractivity contribution in [3.05, 3.63) is 71.0 Å². The van der Waals surface area contributed by atoms with Crippen molar-refractivity contribution in [1.82, 2.24) is 0 Å². The molecular formula is C18H19FO. The van der Waals surface area contributed by atoms with Crippen LogP contribution in [0.5, 0.6) is 0 Å². The van der Waals surface area contributed by atoms with Crippen molar-refractivity contribution in [3.8, 4) is 0 Å². The first kappa shape index (κ1) is 13.3. The normalized spacial score (nSPS) is 16.7. The van der Waals surface area contributed by atoms with Gasteiger partial charge < -0.3 is 5.11 Å². The Morgan fingerprint density at radius 1 is 1.10 bits per heavy atom. The molecule has 0 heterocycles. The first-order valence-corrected chi connectivity index (χ1v) is 7.25. The molecule has 0 radical (unpaired) electrons. The molecule has 1 aliphatic carbocycles. The Morgan fingerprint density at radius 2 is 1.90 bits per heavy atom. The predicted molar refractivity (Wildman–Crippen MR) is 78.1 cm³/mol. The summed E-state index contributed by atoms with van der Waals surface area (Å²) in [5, 5.41) is 10.3. The standard InChI is InChI=1S/C18H19FO/c19-17-9-1-4-13(10-17)11-18(20)16-8-3-7-15(12-16)14-5-2-6-14/h1,3-4,7-10,12,14,18,20H,2,5-6,11H2. The minimum atomic E-state index is -0.572. The quantitative estimate of drug-likeness (QED) is 0.874. The third-order valence-corrected chi connectivity index (χ3v) is 4.19. The summed E-state index contributed by atoms with van der Waals surface area (Å²) in [5.74, 6) is 0.411. The van der Waals surface area contributed by atoms with E-state index < -0.39 is 6.10 Å². The average Bonchev–Trinajstić information content (AvgIpc) is 2.37. The summed E-state index contributed by atoms with van der Waals surface area (Å²) in [6, 6.07) is 14.6. The molecule has 20 heavy (non-hydrogen) atoms. The average molecular weight is 270 g/mol. The van der Waals surface area contributed by atoms with Gasteiger partial charge in [-0.2, -0.15) is 0 Å². The van der Waals surface area contributed by atoms with Crippen molar-refractivity contribution >= 4 is 0 Å². The lowest BCUT2D eigenvalue weighted by Gasteiger charge is -2.26. The van der Waals surface area contributed by atoms with Gasteiger partial charge in [-0.3, -0.25) is 0 Å². The first-order valence-electron chi connectivity index (χ1n) is 7.25. The summed E-state index contributed by atoms with van der Waals surface area (Å²) in [4.78, 5) is 0. The molecule has 0 aromatic heterocycles. The first-order chi connectivity index (χ1) is 9.72. The molecule has 1 nitrogen and oxygen atoms in total. The van der Waals surface area contributed by atoms with Crippen molar-refractivity contribution in [3.63, 3.8) is 0 Å².